The van der Waals surface area contributed by atoms with Crippen LogP contribution in [0.25, 0.3) is 22.3 Å². The third-order valence-corrected chi connectivity index (χ3v) is 4.18. The van der Waals surface area contributed by atoms with Crippen molar-refractivity contribution >= 4 is 38.4 Å². The van der Waals surface area contributed by atoms with E-state index in [2.05, 4.69) is 25.9 Å². The van der Waals surface area contributed by atoms with E-state index in [1.807, 2.05) is 43.3 Å². The topological polar surface area (TPSA) is 35.0 Å². The van der Waals surface area contributed by atoms with Crippen molar-refractivity contribution < 1.29 is 4.74 Å². The summed E-state index contributed by atoms with van der Waals surface area (Å²) in [7, 11) is 1.62. The zero-order valence-electron chi connectivity index (χ0n) is 11.5. The SMILES string of the molecule is COc1ccc(Br)c2c(Cl)nc(-c3ccc(C)cc3)nc12. The van der Waals surface area contributed by atoms with Gasteiger partial charge in [0.1, 0.15) is 16.4 Å². The molecule has 0 spiro atoms. The van der Waals surface area contributed by atoms with Crippen LogP contribution >= 0.6 is 27.5 Å². The van der Waals surface area contributed by atoms with Gasteiger partial charge >= 0.3 is 0 Å². The van der Waals surface area contributed by atoms with Gasteiger partial charge in [0.05, 0.1) is 12.5 Å². The van der Waals surface area contributed by atoms with Crippen molar-refractivity contribution in [1.82, 2.24) is 9.97 Å². The highest BCUT2D eigenvalue weighted by Gasteiger charge is 2.14. The highest BCUT2D eigenvalue weighted by Crippen LogP contribution is 2.35. The number of hydrogen-bond acceptors (Lipinski definition) is 3. The summed E-state index contributed by atoms with van der Waals surface area (Å²) in [5.74, 6) is 1.26. The van der Waals surface area contributed by atoms with Crippen molar-refractivity contribution in [2.24, 2.45) is 0 Å². The molecule has 2 aromatic carbocycles. The van der Waals surface area contributed by atoms with Crippen LogP contribution in [0.15, 0.2) is 40.9 Å². The summed E-state index contributed by atoms with van der Waals surface area (Å²) in [5, 5.41) is 1.16. The molecule has 3 aromatic rings. The van der Waals surface area contributed by atoms with Crippen LogP contribution in [-0.4, -0.2) is 17.1 Å². The summed E-state index contributed by atoms with van der Waals surface area (Å²) >= 11 is 9.82. The van der Waals surface area contributed by atoms with Gasteiger partial charge in [0.2, 0.25) is 0 Å². The first-order valence-corrected chi connectivity index (χ1v) is 7.54. The molecule has 106 valence electrons. The lowest BCUT2D eigenvalue weighted by Gasteiger charge is -2.10. The average molecular weight is 364 g/mol. The molecule has 1 aromatic heterocycles. The molecule has 0 saturated heterocycles. The summed E-state index contributed by atoms with van der Waals surface area (Å²) < 4.78 is 6.22. The number of fused-ring (bicyclic) bond motifs is 1. The van der Waals surface area contributed by atoms with E-state index in [1.165, 1.54) is 5.56 Å². The Morgan fingerprint density at radius 2 is 1.76 bits per heavy atom. The first kappa shape index (κ1) is 14.3. The molecule has 0 aliphatic heterocycles. The predicted molar refractivity (Wildman–Crippen MR) is 89.0 cm³/mol. The Labute approximate surface area is 136 Å². The Morgan fingerprint density at radius 3 is 2.43 bits per heavy atom. The van der Waals surface area contributed by atoms with E-state index in [9.17, 15) is 0 Å². The summed E-state index contributed by atoms with van der Waals surface area (Å²) in [6.07, 6.45) is 0. The van der Waals surface area contributed by atoms with E-state index in [1.54, 1.807) is 7.11 Å². The number of hydrogen-bond donors (Lipinski definition) is 0. The van der Waals surface area contributed by atoms with Crippen LogP contribution in [0, 0.1) is 6.92 Å². The number of ether oxygens (including phenoxy) is 1. The fourth-order valence-corrected chi connectivity index (χ4v) is 3.02. The van der Waals surface area contributed by atoms with E-state index >= 15 is 0 Å². The molecular formula is C16H12BrClN2O. The Morgan fingerprint density at radius 1 is 1.05 bits per heavy atom. The third-order valence-electron chi connectivity index (χ3n) is 3.25. The molecule has 0 unspecified atom stereocenters. The predicted octanol–water partition coefficient (Wildman–Crippen LogP) is 5.03. The van der Waals surface area contributed by atoms with Crippen molar-refractivity contribution in [2.45, 2.75) is 6.92 Å². The molecule has 5 heteroatoms. The maximum atomic E-state index is 6.34. The van der Waals surface area contributed by atoms with Crippen molar-refractivity contribution in [2.75, 3.05) is 7.11 Å². The van der Waals surface area contributed by atoms with Gasteiger partial charge in [0.15, 0.2) is 5.82 Å². The van der Waals surface area contributed by atoms with Crippen LogP contribution in [0.2, 0.25) is 5.15 Å². The number of aryl methyl sites for hydroxylation is 1. The second-order valence-electron chi connectivity index (χ2n) is 4.68. The molecular weight excluding hydrogens is 352 g/mol. The highest BCUT2D eigenvalue weighted by molar-refractivity contribution is 9.10. The van der Waals surface area contributed by atoms with E-state index in [4.69, 9.17) is 16.3 Å². The van der Waals surface area contributed by atoms with Crippen molar-refractivity contribution in [3.63, 3.8) is 0 Å². The maximum Gasteiger partial charge on any atom is 0.161 e. The fraction of sp³-hybridized carbons (Fsp3) is 0.125. The molecule has 0 saturated carbocycles. The minimum absolute atomic E-state index is 0.404. The molecule has 0 fully saturated rings. The summed E-state index contributed by atoms with van der Waals surface area (Å²) in [5.41, 5.74) is 2.81. The van der Waals surface area contributed by atoms with Crippen LogP contribution in [0.3, 0.4) is 0 Å². The first-order chi connectivity index (χ1) is 10.1. The standard InChI is InChI=1S/C16H12BrClN2O/c1-9-3-5-10(6-4-9)16-19-14-12(21-2)8-7-11(17)13(14)15(18)20-16/h3-8H,1-2H3. The van der Waals surface area contributed by atoms with Crippen LogP contribution in [0.1, 0.15) is 5.56 Å². The molecule has 0 amide bonds. The molecule has 21 heavy (non-hydrogen) atoms. The van der Waals surface area contributed by atoms with Gasteiger partial charge in [0.25, 0.3) is 0 Å². The molecule has 0 bridgehead atoms. The van der Waals surface area contributed by atoms with Crippen LogP contribution in [0.4, 0.5) is 0 Å². The molecule has 0 aliphatic carbocycles. The maximum absolute atomic E-state index is 6.34. The number of methoxy groups -OCH3 is 1. The van der Waals surface area contributed by atoms with Gasteiger partial charge in [-0.3, -0.25) is 0 Å². The van der Waals surface area contributed by atoms with Gasteiger partial charge in [-0.25, -0.2) is 9.97 Å². The van der Waals surface area contributed by atoms with Gasteiger partial charge < -0.3 is 4.74 Å². The number of halogens is 2. The van der Waals surface area contributed by atoms with Crippen LogP contribution in [0.5, 0.6) is 5.75 Å². The molecule has 3 nitrogen and oxygen atoms in total. The zero-order valence-corrected chi connectivity index (χ0v) is 13.9. The normalized spacial score (nSPS) is 10.9. The Kier molecular flexibility index (Phi) is 3.83. The quantitative estimate of drug-likeness (QED) is 0.599. The van der Waals surface area contributed by atoms with E-state index in [-0.39, 0.29) is 0 Å². The lowest BCUT2D eigenvalue weighted by atomic mass is 10.1. The van der Waals surface area contributed by atoms with E-state index in [0.29, 0.717) is 22.2 Å². The summed E-state index contributed by atoms with van der Waals surface area (Å²) in [6.45, 7) is 2.04. The molecule has 1 heterocycles. The first-order valence-electron chi connectivity index (χ1n) is 6.37. The monoisotopic (exact) mass is 362 g/mol. The summed E-state index contributed by atoms with van der Waals surface area (Å²) in [4.78, 5) is 9.02. The minimum Gasteiger partial charge on any atom is -0.494 e. The zero-order chi connectivity index (χ0) is 15.0. The second kappa shape index (κ2) is 5.62. The smallest absolute Gasteiger partial charge is 0.161 e. The van der Waals surface area contributed by atoms with Crippen molar-refractivity contribution in [3.8, 4) is 17.1 Å². The molecule has 0 aliphatic rings. The van der Waals surface area contributed by atoms with Gasteiger partial charge in [0, 0.05) is 10.0 Å². The number of aromatic nitrogens is 2. The van der Waals surface area contributed by atoms with E-state index < -0.39 is 0 Å². The molecule has 0 atom stereocenters. The van der Waals surface area contributed by atoms with Crippen LogP contribution in [-0.2, 0) is 0 Å². The molecule has 0 N–H and O–H groups in total. The largest absolute Gasteiger partial charge is 0.494 e. The third kappa shape index (κ3) is 2.61. The van der Waals surface area contributed by atoms with Gasteiger partial charge in [-0.15, -0.1) is 0 Å². The number of nitrogens with zero attached hydrogens (tertiary/aromatic N) is 2. The van der Waals surface area contributed by atoms with Gasteiger partial charge in [-0.1, -0.05) is 41.4 Å². The lowest BCUT2D eigenvalue weighted by molar-refractivity contribution is 0.419. The highest BCUT2D eigenvalue weighted by atomic mass is 79.9. The van der Waals surface area contributed by atoms with Gasteiger partial charge in [-0.05, 0) is 35.0 Å². The summed E-state index contributed by atoms with van der Waals surface area (Å²) in [6, 6.07) is 11.7. The minimum atomic E-state index is 0.404. The second-order valence-corrected chi connectivity index (χ2v) is 5.89. The number of benzene rings is 2. The van der Waals surface area contributed by atoms with Gasteiger partial charge in [-0.2, -0.15) is 0 Å². The van der Waals surface area contributed by atoms with Crippen molar-refractivity contribution in [3.05, 3.63) is 51.6 Å². The fourth-order valence-electron chi connectivity index (χ4n) is 2.13. The average Bonchev–Trinajstić information content (AvgIpc) is 2.48. The van der Waals surface area contributed by atoms with E-state index in [0.717, 1.165) is 15.4 Å². The Bertz CT molecular complexity index is 819. The Balaban J connectivity index is 2.29. The molecule has 0 radical (unpaired) electrons. The van der Waals surface area contributed by atoms with Crippen molar-refractivity contribution in [1.29, 1.82) is 0 Å². The van der Waals surface area contributed by atoms with Crippen LogP contribution < -0.4 is 4.74 Å². The Hall–Kier alpha value is -1.65. The lowest BCUT2D eigenvalue weighted by Crippen LogP contribution is -1.95. The molecule has 3 rings (SSSR count). The number of rotatable bonds is 2.